The predicted molar refractivity (Wildman–Crippen MR) is 79.1 cm³/mol. The van der Waals surface area contributed by atoms with Crippen LogP contribution in [0.1, 0.15) is 19.1 Å². The van der Waals surface area contributed by atoms with E-state index in [9.17, 15) is 0 Å². The Morgan fingerprint density at radius 1 is 1.39 bits per heavy atom. The average molecular weight is 398 g/mol. The second kappa shape index (κ2) is 5.11. The van der Waals surface area contributed by atoms with Gasteiger partial charge in [-0.2, -0.15) is 5.10 Å². The number of fused-ring (bicyclic) bond motifs is 1. The van der Waals surface area contributed by atoms with Gasteiger partial charge in [-0.15, -0.1) is 11.6 Å². The third kappa shape index (κ3) is 2.33. The summed E-state index contributed by atoms with van der Waals surface area (Å²) in [5, 5.41) is 5.08. The molecular formula is C11H10Cl2IN3O. The molecule has 18 heavy (non-hydrogen) atoms. The van der Waals surface area contributed by atoms with Crippen molar-refractivity contribution in [3.05, 3.63) is 21.0 Å². The monoisotopic (exact) mass is 397 g/mol. The van der Waals surface area contributed by atoms with Crippen LogP contribution in [0.2, 0.25) is 5.15 Å². The van der Waals surface area contributed by atoms with E-state index in [0.717, 1.165) is 27.6 Å². The molecule has 0 aromatic carbocycles. The van der Waals surface area contributed by atoms with Crippen LogP contribution >= 0.6 is 45.8 Å². The third-order valence-corrected chi connectivity index (χ3v) is 4.23. The fourth-order valence-corrected chi connectivity index (χ4v) is 3.05. The van der Waals surface area contributed by atoms with Gasteiger partial charge in [-0.05, 0) is 47.6 Å². The number of rotatable bonds is 1. The van der Waals surface area contributed by atoms with Crippen LogP contribution in [0.25, 0.3) is 11.0 Å². The Hall–Kier alpha value is -0.110. The van der Waals surface area contributed by atoms with Crippen molar-refractivity contribution in [3.8, 4) is 0 Å². The van der Waals surface area contributed by atoms with Gasteiger partial charge in [0.15, 0.2) is 6.23 Å². The number of aromatic nitrogens is 3. The number of hydrogen-bond donors (Lipinski definition) is 0. The van der Waals surface area contributed by atoms with Crippen molar-refractivity contribution in [1.82, 2.24) is 14.8 Å². The molecule has 2 unspecified atom stereocenters. The highest BCUT2D eigenvalue weighted by Gasteiger charge is 2.24. The molecule has 4 nitrogen and oxygen atoms in total. The molecule has 1 saturated heterocycles. The van der Waals surface area contributed by atoms with E-state index in [-0.39, 0.29) is 11.6 Å². The normalized spacial score (nSPS) is 24.6. The van der Waals surface area contributed by atoms with E-state index in [4.69, 9.17) is 27.9 Å². The van der Waals surface area contributed by atoms with Gasteiger partial charge >= 0.3 is 0 Å². The van der Waals surface area contributed by atoms with Crippen LogP contribution in [0, 0.1) is 3.70 Å². The van der Waals surface area contributed by atoms with Crippen molar-refractivity contribution in [2.24, 2.45) is 0 Å². The van der Waals surface area contributed by atoms with Crippen LogP contribution in [0.15, 0.2) is 12.1 Å². The van der Waals surface area contributed by atoms with Crippen molar-refractivity contribution in [2.75, 3.05) is 6.61 Å². The first kappa shape index (κ1) is 12.9. The fraction of sp³-hybridized carbons (Fsp3) is 0.455. The lowest BCUT2D eigenvalue weighted by atomic mass is 10.2. The first-order chi connectivity index (χ1) is 8.65. The summed E-state index contributed by atoms with van der Waals surface area (Å²) >= 11 is 14.1. The summed E-state index contributed by atoms with van der Waals surface area (Å²) in [6.45, 7) is 0.561. The molecular weight excluding hydrogens is 388 g/mol. The number of nitrogens with zero attached hydrogens (tertiary/aromatic N) is 3. The average Bonchev–Trinajstić information content (AvgIpc) is 2.68. The van der Waals surface area contributed by atoms with Crippen molar-refractivity contribution in [1.29, 1.82) is 0 Å². The highest BCUT2D eigenvalue weighted by molar-refractivity contribution is 14.1. The van der Waals surface area contributed by atoms with Gasteiger partial charge in [-0.25, -0.2) is 9.67 Å². The van der Waals surface area contributed by atoms with Crippen molar-refractivity contribution < 1.29 is 4.74 Å². The minimum atomic E-state index is -0.0611. The van der Waals surface area contributed by atoms with Gasteiger partial charge in [0.05, 0.1) is 17.5 Å². The van der Waals surface area contributed by atoms with Gasteiger partial charge in [0, 0.05) is 0 Å². The summed E-state index contributed by atoms with van der Waals surface area (Å²) < 4.78 is 8.45. The first-order valence-electron chi connectivity index (χ1n) is 5.61. The maximum Gasteiger partial charge on any atom is 0.151 e. The first-order valence-corrected chi connectivity index (χ1v) is 7.50. The van der Waals surface area contributed by atoms with Crippen LogP contribution < -0.4 is 0 Å². The zero-order valence-corrected chi connectivity index (χ0v) is 13.0. The van der Waals surface area contributed by atoms with E-state index in [1.165, 1.54) is 0 Å². The largest absolute Gasteiger partial charge is 0.355 e. The molecule has 1 aliphatic rings. The van der Waals surface area contributed by atoms with Crippen molar-refractivity contribution >= 4 is 56.8 Å². The summed E-state index contributed by atoms with van der Waals surface area (Å²) in [5.41, 5.74) is 1.77. The number of alkyl halides is 1. The van der Waals surface area contributed by atoms with Crippen molar-refractivity contribution in [3.63, 3.8) is 0 Å². The predicted octanol–water partition coefficient (Wildman–Crippen LogP) is 3.61. The van der Waals surface area contributed by atoms with E-state index >= 15 is 0 Å². The second-order valence-electron chi connectivity index (χ2n) is 4.20. The summed E-state index contributed by atoms with van der Waals surface area (Å²) in [4.78, 5) is 4.30. The molecule has 3 rings (SSSR count). The lowest BCUT2D eigenvalue weighted by Crippen LogP contribution is -2.25. The van der Waals surface area contributed by atoms with Gasteiger partial charge in [-0.3, -0.25) is 0 Å². The molecule has 2 atom stereocenters. The topological polar surface area (TPSA) is 39.9 Å². The third-order valence-electron chi connectivity index (χ3n) is 2.95. The highest BCUT2D eigenvalue weighted by Crippen LogP contribution is 2.29. The Bertz CT molecular complexity index is 581. The lowest BCUT2D eigenvalue weighted by Gasteiger charge is -2.26. The molecule has 0 N–H and O–H groups in total. The summed E-state index contributed by atoms with van der Waals surface area (Å²) in [5.74, 6) is 0. The molecule has 96 valence electrons. The van der Waals surface area contributed by atoms with E-state index in [2.05, 4.69) is 32.7 Å². The molecule has 7 heteroatoms. The van der Waals surface area contributed by atoms with Crippen LogP contribution in [0.4, 0.5) is 0 Å². The Morgan fingerprint density at radius 3 is 2.94 bits per heavy atom. The Morgan fingerprint density at radius 2 is 2.22 bits per heavy atom. The van der Waals surface area contributed by atoms with Gasteiger partial charge in [0.2, 0.25) is 0 Å². The SMILES string of the molecule is Clc1ccc2c(n1)c(I)nn2C1CCC(Cl)CO1. The smallest absolute Gasteiger partial charge is 0.151 e. The van der Waals surface area contributed by atoms with E-state index in [1.54, 1.807) is 6.07 Å². The molecule has 0 aliphatic carbocycles. The quantitative estimate of drug-likeness (QED) is 0.419. The Balaban J connectivity index is 2.02. The molecule has 2 aromatic heterocycles. The van der Waals surface area contributed by atoms with Gasteiger partial charge in [-0.1, -0.05) is 11.6 Å². The molecule has 1 aliphatic heterocycles. The summed E-state index contributed by atoms with van der Waals surface area (Å²) in [7, 11) is 0. The second-order valence-corrected chi connectivity index (χ2v) is 6.23. The van der Waals surface area contributed by atoms with Crippen molar-refractivity contribution in [2.45, 2.75) is 24.4 Å². The molecule has 0 spiro atoms. The number of halogens is 3. The van der Waals surface area contributed by atoms with E-state index in [1.807, 2.05) is 10.7 Å². The number of hydrogen-bond acceptors (Lipinski definition) is 3. The molecule has 0 bridgehead atoms. The Labute approximate surface area is 128 Å². The molecule has 1 fully saturated rings. The number of ether oxygens (including phenoxy) is 1. The number of pyridine rings is 1. The lowest BCUT2D eigenvalue weighted by molar-refractivity contribution is -0.0347. The molecule has 3 heterocycles. The minimum absolute atomic E-state index is 0.0611. The molecule has 0 amide bonds. The van der Waals surface area contributed by atoms with Crippen LogP contribution in [0.3, 0.4) is 0 Å². The fourth-order valence-electron chi connectivity index (χ4n) is 2.08. The van der Waals surface area contributed by atoms with Gasteiger partial charge in [0.25, 0.3) is 0 Å². The minimum Gasteiger partial charge on any atom is -0.355 e. The summed E-state index contributed by atoms with van der Waals surface area (Å²) in [6.07, 6.45) is 1.74. The Kier molecular flexibility index (Phi) is 3.66. The van der Waals surface area contributed by atoms with Crippen LogP contribution in [0.5, 0.6) is 0 Å². The highest BCUT2D eigenvalue weighted by atomic mass is 127. The standard InChI is InChI=1S/C11H10Cl2IN3O/c12-6-1-4-9(18-5-6)17-7-2-3-8(13)15-10(7)11(14)16-17/h2-3,6,9H,1,4-5H2. The van der Waals surface area contributed by atoms with E-state index < -0.39 is 0 Å². The van der Waals surface area contributed by atoms with Gasteiger partial charge < -0.3 is 4.74 Å². The maximum absolute atomic E-state index is 6.03. The maximum atomic E-state index is 6.03. The molecule has 0 radical (unpaired) electrons. The molecule has 0 saturated carbocycles. The van der Waals surface area contributed by atoms with Gasteiger partial charge in [0.1, 0.15) is 14.4 Å². The van der Waals surface area contributed by atoms with Crippen LogP contribution in [-0.2, 0) is 4.74 Å². The van der Waals surface area contributed by atoms with E-state index in [0.29, 0.717) is 11.8 Å². The van der Waals surface area contributed by atoms with Crippen LogP contribution in [-0.4, -0.2) is 26.7 Å². The zero-order chi connectivity index (χ0) is 12.7. The summed E-state index contributed by atoms with van der Waals surface area (Å²) in [6, 6.07) is 3.70. The molecule has 2 aromatic rings. The zero-order valence-electron chi connectivity index (χ0n) is 9.31.